The maximum absolute atomic E-state index is 12.0. The Kier molecular flexibility index (Phi) is 6.21. The van der Waals surface area contributed by atoms with Crippen LogP contribution in [0.3, 0.4) is 0 Å². The van der Waals surface area contributed by atoms with Crippen molar-refractivity contribution in [3.8, 4) is 0 Å². The average Bonchev–Trinajstić information content (AvgIpc) is 2.27. The highest BCUT2D eigenvalue weighted by molar-refractivity contribution is 5.27. The molecule has 1 aromatic rings. The number of alkyl halides is 6. The van der Waals surface area contributed by atoms with E-state index >= 15 is 0 Å². The van der Waals surface area contributed by atoms with Crippen molar-refractivity contribution in [2.24, 2.45) is 0 Å². The van der Waals surface area contributed by atoms with Gasteiger partial charge in [0, 0.05) is 0 Å². The van der Waals surface area contributed by atoms with E-state index in [0.29, 0.717) is 12.1 Å². The normalized spacial score (nSPS) is 11.8. The highest BCUT2D eigenvalue weighted by atomic mass is 19.4. The first kappa shape index (κ1) is 16.8. The van der Waals surface area contributed by atoms with E-state index in [2.05, 4.69) is 13.8 Å². The van der Waals surface area contributed by atoms with E-state index in [9.17, 15) is 26.3 Å². The van der Waals surface area contributed by atoms with Gasteiger partial charge in [-0.15, -0.1) is 0 Å². The Bertz CT molecular complexity index is 319. The summed E-state index contributed by atoms with van der Waals surface area (Å²) >= 11 is 0. The van der Waals surface area contributed by atoms with E-state index in [1.54, 1.807) is 0 Å². The van der Waals surface area contributed by atoms with Crippen LogP contribution >= 0.6 is 0 Å². The lowest BCUT2D eigenvalue weighted by Gasteiger charge is -2.10. The second kappa shape index (κ2) is 6.66. The molecule has 0 aliphatic rings. The zero-order chi connectivity index (χ0) is 14.4. The Morgan fingerprint density at radius 2 is 1.11 bits per heavy atom. The maximum Gasteiger partial charge on any atom is 0.416 e. The summed E-state index contributed by atoms with van der Waals surface area (Å²) in [5.74, 6) is 0. The fourth-order valence-electron chi connectivity index (χ4n) is 0.872. The topological polar surface area (TPSA) is 0 Å². The quantitative estimate of drug-likeness (QED) is 0.589. The Morgan fingerprint density at radius 1 is 0.778 bits per heavy atom. The summed E-state index contributed by atoms with van der Waals surface area (Å²) in [5.41, 5.74) is -2.60. The van der Waals surface area contributed by atoms with E-state index in [1.807, 2.05) is 0 Å². The van der Waals surface area contributed by atoms with Gasteiger partial charge in [-0.3, -0.25) is 0 Å². The zero-order valence-corrected chi connectivity index (χ0v) is 9.99. The molecule has 0 saturated heterocycles. The van der Waals surface area contributed by atoms with Gasteiger partial charge in [0.2, 0.25) is 0 Å². The van der Waals surface area contributed by atoms with Crippen molar-refractivity contribution in [3.05, 3.63) is 35.4 Å². The van der Waals surface area contributed by atoms with Gasteiger partial charge in [0.15, 0.2) is 0 Å². The van der Waals surface area contributed by atoms with Crippen molar-refractivity contribution in [3.63, 3.8) is 0 Å². The van der Waals surface area contributed by atoms with Gasteiger partial charge in [-0.1, -0.05) is 32.8 Å². The monoisotopic (exact) mass is 272 g/mol. The molecule has 0 saturated carbocycles. The summed E-state index contributed by atoms with van der Waals surface area (Å²) in [5, 5.41) is 0. The van der Waals surface area contributed by atoms with Crippen LogP contribution in [0.15, 0.2) is 24.3 Å². The minimum Gasteiger partial charge on any atom is -0.166 e. The van der Waals surface area contributed by atoms with Crippen LogP contribution in [0, 0.1) is 0 Å². The van der Waals surface area contributed by atoms with Gasteiger partial charge in [-0.25, -0.2) is 0 Å². The highest BCUT2D eigenvalue weighted by Crippen LogP contribution is 2.34. The largest absolute Gasteiger partial charge is 0.416 e. The van der Waals surface area contributed by atoms with Crippen LogP contribution in [0.5, 0.6) is 0 Å². The molecule has 6 heteroatoms. The van der Waals surface area contributed by atoms with Gasteiger partial charge < -0.3 is 0 Å². The van der Waals surface area contributed by atoms with Crippen LogP contribution < -0.4 is 0 Å². The average molecular weight is 272 g/mol. The van der Waals surface area contributed by atoms with Crippen molar-refractivity contribution in [1.82, 2.24) is 0 Å². The summed E-state index contributed by atoms with van der Waals surface area (Å²) in [6.07, 6.45) is -6.86. The minimum atomic E-state index is -4.75. The van der Waals surface area contributed by atoms with Crippen molar-refractivity contribution in [2.75, 3.05) is 0 Å². The second-order valence-electron chi connectivity index (χ2n) is 3.58. The van der Waals surface area contributed by atoms with Crippen LogP contribution in [0.1, 0.15) is 37.8 Å². The van der Waals surface area contributed by atoms with E-state index in [1.165, 1.54) is 12.8 Å². The second-order valence-corrected chi connectivity index (χ2v) is 3.58. The van der Waals surface area contributed by atoms with Gasteiger partial charge in [0.25, 0.3) is 0 Å². The predicted octanol–water partition coefficient (Wildman–Crippen LogP) is 5.53. The predicted molar refractivity (Wildman–Crippen MR) is 57.0 cm³/mol. The van der Waals surface area contributed by atoms with E-state index < -0.39 is 23.5 Å². The van der Waals surface area contributed by atoms with E-state index in [4.69, 9.17) is 0 Å². The maximum atomic E-state index is 12.0. The molecule has 0 amide bonds. The molecule has 0 aliphatic carbocycles. The number of unbranched alkanes of at least 4 members (excludes halogenated alkanes) is 1. The molecule has 1 aromatic carbocycles. The van der Waals surface area contributed by atoms with Gasteiger partial charge in [0.1, 0.15) is 0 Å². The third kappa shape index (κ3) is 5.93. The molecule has 0 atom stereocenters. The van der Waals surface area contributed by atoms with Crippen LogP contribution in [-0.4, -0.2) is 0 Å². The third-order valence-electron chi connectivity index (χ3n) is 2.02. The van der Waals surface area contributed by atoms with Crippen molar-refractivity contribution in [2.45, 2.75) is 39.0 Å². The first-order valence-electron chi connectivity index (χ1n) is 5.37. The zero-order valence-electron chi connectivity index (χ0n) is 9.99. The molecule has 104 valence electrons. The summed E-state index contributed by atoms with van der Waals surface area (Å²) in [4.78, 5) is 0. The number of hydrogen-bond acceptors (Lipinski definition) is 0. The molecule has 0 spiro atoms. The lowest BCUT2D eigenvalue weighted by Crippen LogP contribution is -2.09. The minimum absolute atomic E-state index is 0.0833. The molecule has 0 radical (unpaired) electrons. The van der Waals surface area contributed by atoms with Gasteiger partial charge >= 0.3 is 12.4 Å². The number of halogens is 6. The first-order chi connectivity index (χ1) is 8.12. The van der Waals surface area contributed by atoms with Crippen molar-refractivity contribution < 1.29 is 26.3 Å². The molecule has 0 heterocycles. The van der Waals surface area contributed by atoms with Gasteiger partial charge in [0.05, 0.1) is 11.1 Å². The lowest BCUT2D eigenvalue weighted by atomic mass is 10.1. The molecule has 0 N–H and O–H groups in total. The SMILES string of the molecule is CCCC.FC(F)(F)c1cccc(C(F)(F)F)c1. The van der Waals surface area contributed by atoms with Gasteiger partial charge in [-0.05, 0) is 18.2 Å². The van der Waals surface area contributed by atoms with Crippen LogP contribution in [0.2, 0.25) is 0 Å². The first-order valence-corrected chi connectivity index (χ1v) is 5.37. The Morgan fingerprint density at radius 3 is 1.33 bits per heavy atom. The number of benzene rings is 1. The standard InChI is InChI=1S/C8H4F6.C4H10/c9-7(10,11)5-2-1-3-6(4-5)8(12,13)14;1-3-4-2/h1-4H;3-4H2,1-2H3. The van der Waals surface area contributed by atoms with Crippen LogP contribution in [-0.2, 0) is 12.4 Å². The molecule has 0 unspecified atom stereocenters. The highest BCUT2D eigenvalue weighted by Gasteiger charge is 2.35. The molecular formula is C12H14F6. The van der Waals surface area contributed by atoms with Crippen molar-refractivity contribution in [1.29, 1.82) is 0 Å². The summed E-state index contributed by atoms with van der Waals surface area (Å²) < 4.78 is 71.9. The summed E-state index contributed by atoms with van der Waals surface area (Å²) in [6.45, 7) is 4.36. The molecule has 0 bridgehead atoms. The molecular weight excluding hydrogens is 258 g/mol. The smallest absolute Gasteiger partial charge is 0.166 e. The summed E-state index contributed by atoms with van der Waals surface area (Å²) in [7, 11) is 0. The molecule has 0 nitrogen and oxygen atoms in total. The van der Waals surface area contributed by atoms with Gasteiger partial charge in [-0.2, -0.15) is 26.3 Å². The molecule has 18 heavy (non-hydrogen) atoms. The van der Waals surface area contributed by atoms with Crippen LogP contribution in [0.25, 0.3) is 0 Å². The van der Waals surface area contributed by atoms with E-state index in [0.717, 1.165) is 6.07 Å². The third-order valence-corrected chi connectivity index (χ3v) is 2.02. The Balaban J connectivity index is 0.000000631. The molecule has 0 aliphatic heterocycles. The van der Waals surface area contributed by atoms with E-state index in [-0.39, 0.29) is 6.07 Å². The fourth-order valence-corrected chi connectivity index (χ4v) is 0.872. The number of rotatable bonds is 1. The molecule has 0 aromatic heterocycles. The lowest BCUT2D eigenvalue weighted by molar-refractivity contribution is -0.143. The number of hydrogen-bond donors (Lipinski definition) is 0. The fraction of sp³-hybridized carbons (Fsp3) is 0.500. The summed E-state index contributed by atoms with van der Waals surface area (Å²) in [6, 6.07) is 2.00. The molecule has 0 fully saturated rings. The Hall–Kier alpha value is -1.20. The Labute approximate surface area is 102 Å². The van der Waals surface area contributed by atoms with Crippen LogP contribution in [0.4, 0.5) is 26.3 Å². The molecule has 1 rings (SSSR count). The van der Waals surface area contributed by atoms with Crippen molar-refractivity contribution >= 4 is 0 Å².